The third-order valence-corrected chi connectivity index (χ3v) is 7.06. The molecule has 1 aromatic heterocycles. The topological polar surface area (TPSA) is 63.0 Å². The molecule has 3 aromatic carbocycles. The predicted molar refractivity (Wildman–Crippen MR) is 138 cm³/mol. The Labute approximate surface area is 217 Å². The summed E-state index contributed by atoms with van der Waals surface area (Å²) in [5.74, 6) is -0.556. The van der Waals surface area contributed by atoms with Crippen LogP contribution in [0.1, 0.15) is 17.4 Å². The molecular weight excluding hydrogens is 499 g/mol. The third kappa shape index (κ3) is 3.69. The van der Waals surface area contributed by atoms with E-state index in [9.17, 15) is 9.59 Å². The minimum atomic E-state index is -0.980. The molecule has 0 spiro atoms. The normalized spacial score (nSPS) is 21.4. The van der Waals surface area contributed by atoms with E-state index in [2.05, 4.69) is 0 Å². The molecule has 2 saturated heterocycles. The highest BCUT2D eigenvalue weighted by Gasteiger charge is 2.61. The molecule has 3 atom stereocenters. The van der Waals surface area contributed by atoms with Crippen LogP contribution in [-0.2, 0) is 14.4 Å². The lowest BCUT2D eigenvalue weighted by molar-refractivity contribution is -0.126. The van der Waals surface area contributed by atoms with Crippen LogP contribution in [0.15, 0.2) is 89.3 Å². The number of para-hydroxylation sites is 1. The second-order valence-electron chi connectivity index (χ2n) is 8.84. The Kier molecular flexibility index (Phi) is 5.60. The summed E-state index contributed by atoms with van der Waals surface area (Å²) in [5, 5.41) is 2.60. The maximum atomic E-state index is 13.8. The van der Waals surface area contributed by atoms with Crippen LogP contribution in [0.4, 0.5) is 11.4 Å². The summed E-state index contributed by atoms with van der Waals surface area (Å²) in [6.07, 6.45) is -0.980. The highest BCUT2D eigenvalue weighted by atomic mass is 35.5. The third-order valence-electron chi connectivity index (χ3n) is 6.50. The fraction of sp³-hybridized carbons (Fsp3) is 0.143. The van der Waals surface area contributed by atoms with Gasteiger partial charge in [0.15, 0.2) is 6.10 Å². The molecule has 2 aliphatic rings. The Morgan fingerprint density at radius 3 is 2.36 bits per heavy atom. The van der Waals surface area contributed by atoms with Crippen LogP contribution in [0, 0.1) is 12.8 Å². The van der Waals surface area contributed by atoms with Crippen molar-refractivity contribution in [2.24, 2.45) is 5.92 Å². The van der Waals surface area contributed by atoms with Crippen LogP contribution >= 0.6 is 23.2 Å². The highest BCUT2D eigenvalue weighted by molar-refractivity contribution is 6.35. The Bertz CT molecular complexity index is 1490. The van der Waals surface area contributed by atoms with Crippen molar-refractivity contribution in [1.82, 2.24) is 0 Å². The first-order valence-electron chi connectivity index (χ1n) is 11.4. The van der Waals surface area contributed by atoms with E-state index < -0.39 is 24.0 Å². The van der Waals surface area contributed by atoms with Gasteiger partial charge in [-0.3, -0.25) is 14.4 Å². The van der Waals surface area contributed by atoms with Crippen molar-refractivity contribution in [2.45, 2.75) is 19.1 Å². The molecule has 6 nitrogen and oxygen atoms in total. The van der Waals surface area contributed by atoms with Gasteiger partial charge in [0.2, 0.25) is 5.91 Å². The fourth-order valence-corrected chi connectivity index (χ4v) is 5.25. The molecule has 3 heterocycles. The van der Waals surface area contributed by atoms with Gasteiger partial charge in [-0.25, -0.2) is 9.96 Å². The Morgan fingerprint density at radius 1 is 0.806 bits per heavy atom. The molecule has 0 N–H and O–H groups in total. The van der Waals surface area contributed by atoms with Gasteiger partial charge in [-0.15, -0.1) is 0 Å². The zero-order valence-corrected chi connectivity index (χ0v) is 20.6. The van der Waals surface area contributed by atoms with Crippen molar-refractivity contribution in [1.29, 1.82) is 0 Å². The summed E-state index contributed by atoms with van der Waals surface area (Å²) in [5.41, 5.74) is 2.81. The molecule has 8 heteroatoms. The van der Waals surface area contributed by atoms with Gasteiger partial charge >= 0.3 is 0 Å². The monoisotopic (exact) mass is 518 g/mol. The van der Waals surface area contributed by atoms with Crippen LogP contribution in [0.25, 0.3) is 11.3 Å². The van der Waals surface area contributed by atoms with Crippen LogP contribution in [-0.4, -0.2) is 17.9 Å². The molecule has 180 valence electrons. The van der Waals surface area contributed by atoms with Crippen LogP contribution in [0.5, 0.6) is 0 Å². The summed E-state index contributed by atoms with van der Waals surface area (Å²) in [6, 6.07) is 24.7. The molecule has 2 amide bonds. The number of anilines is 2. The SMILES string of the molecule is Cc1cccc(N2C(=O)[C@@H]3[C@H](ON(c4ccccc4)[C@@H]3c3ccc(-c4cc(Cl)ccc4Cl)o3)C2=O)c1. The van der Waals surface area contributed by atoms with Crippen molar-refractivity contribution in [3.05, 3.63) is 106 Å². The van der Waals surface area contributed by atoms with Gasteiger partial charge in [0.05, 0.1) is 16.4 Å². The van der Waals surface area contributed by atoms with Gasteiger partial charge < -0.3 is 4.42 Å². The van der Waals surface area contributed by atoms with Gasteiger partial charge in [-0.2, -0.15) is 0 Å². The Morgan fingerprint density at radius 2 is 1.58 bits per heavy atom. The zero-order chi connectivity index (χ0) is 25.0. The van der Waals surface area contributed by atoms with Crippen molar-refractivity contribution < 1.29 is 18.8 Å². The van der Waals surface area contributed by atoms with E-state index in [-0.39, 0.29) is 5.91 Å². The van der Waals surface area contributed by atoms with E-state index in [0.29, 0.717) is 38.5 Å². The summed E-state index contributed by atoms with van der Waals surface area (Å²) < 4.78 is 6.25. The first-order valence-corrected chi connectivity index (χ1v) is 12.2. The average Bonchev–Trinajstić information content (AvgIpc) is 3.56. The van der Waals surface area contributed by atoms with E-state index in [0.717, 1.165) is 5.56 Å². The number of carbonyl (C=O) groups is 2. The van der Waals surface area contributed by atoms with Crippen molar-refractivity contribution >= 4 is 46.4 Å². The first kappa shape index (κ1) is 22.9. The lowest BCUT2D eigenvalue weighted by atomic mass is 9.94. The number of imide groups is 1. The number of carbonyl (C=O) groups excluding carboxylic acids is 2. The number of aryl methyl sites for hydroxylation is 1. The van der Waals surface area contributed by atoms with Gasteiger partial charge in [-0.05, 0) is 67.1 Å². The number of hydroxylamine groups is 1. The van der Waals surface area contributed by atoms with E-state index in [1.165, 1.54) is 4.90 Å². The molecule has 0 aliphatic carbocycles. The van der Waals surface area contributed by atoms with Gasteiger partial charge in [-0.1, -0.05) is 53.5 Å². The molecule has 36 heavy (non-hydrogen) atoms. The maximum absolute atomic E-state index is 13.8. The number of fused-ring (bicyclic) bond motifs is 1. The zero-order valence-electron chi connectivity index (χ0n) is 19.1. The highest BCUT2D eigenvalue weighted by Crippen LogP contribution is 2.48. The van der Waals surface area contributed by atoms with Gasteiger partial charge in [0.25, 0.3) is 5.91 Å². The molecule has 2 aliphatic heterocycles. The van der Waals surface area contributed by atoms with E-state index >= 15 is 0 Å². The first-order chi connectivity index (χ1) is 17.4. The predicted octanol–water partition coefficient (Wildman–Crippen LogP) is 6.61. The van der Waals surface area contributed by atoms with Crippen LogP contribution < -0.4 is 9.96 Å². The number of halogens is 2. The van der Waals surface area contributed by atoms with Crippen molar-refractivity contribution in [3.63, 3.8) is 0 Å². The molecule has 6 rings (SSSR count). The summed E-state index contributed by atoms with van der Waals surface area (Å²) in [4.78, 5) is 34.6. The standard InChI is InChI=1S/C28H20Cl2N2O4/c1-16-6-5-9-19(14-16)31-27(33)24-25(32(36-26(24)28(31)34)18-7-3-2-4-8-18)23-13-12-22(35-23)20-15-17(29)10-11-21(20)30/h2-15,24-26H,1H3/t24-,25+,26-/m0/s1. The fourth-order valence-electron chi connectivity index (χ4n) is 4.87. The van der Waals surface area contributed by atoms with Gasteiger partial charge in [0.1, 0.15) is 23.5 Å². The number of nitrogens with zero attached hydrogens (tertiary/aromatic N) is 2. The Hall–Kier alpha value is -3.58. The van der Waals surface area contributed by atoms with E-state index in [1.54, 1.807) is 41.5 Å². The second-order valence-corrected chi connectivity index (χ2v) is 9.68. The number of benzene rings is 3. The molecule has 0 unspecified atom stereocenters. The second kappa shape index (κ2) is 8.82. The number of furan rings is 1. The van der Waals surface area contributed by atoms with E-state index in [4.69, 9.17) is 32.5 Å². The minimum absolute atomic E-state index is 0.335. The summed E-state index contributed by atoms with van der Waals surface area (Å²) in [6.45, 7) is 1.91. The molecule has 4 aromatic rings. The van der Waals surface area contributed by atoms with E-state index in [1.807, 2.05) is 55.5 Å². The van der Waals surface area contributed by atoms with Crippen LogP contribution in [0.3, 0.4) is 0 Å². The lowest BCUT2D eigenvalue weighted by Crippen LogP contribution is -2.37. The van der Waals surface area contributed by atoms with Crippen molar-refractivity contribution in [2.75, 3.05) is 9.96 Å². The van der Waals surface area contributed by atoms with Crippen molar-refractivity contribution in [3.8, 4) is 11.3 Å². The minimum Gasteiger partial charge on any atom is -0.459 e. The molecule has 0 saturated carbocycles. The summed E-state index contributed by atoms with van der Waals surface area (Å²) in [7, 11) is 0. The lowest BCUT2D eigenvalue weighted by Gasteiger charge is -2.27. The number of amides is 2. The maximum Gasteiger partial charge on any atom is 0.266 e. The number of rotatable bonds is 4. The summed E-state index contributed by atoms with van der Waals surface area (Å²) >= 11 is 12.6. The number of hydrogen-bond acceptors (Lipinski definition) is 5. The Balaban J connectivity index is 1.43. The molecule has 0 bridgehead atoms. The van der Waals surface area contributed by atoms with Crippen LogP contribution in [0.2, 0.25) is 10.0 Å². The smallest absolute Gasteiger partial charge is 0.266 e. The quantitative estimate of drug-likeness (QED) is 0.284. The number of hydrogen-bond donors (Lipinski definition) is 0. The van der Waals surface area contributed by atoms with Gasteiger partial charge in [0, 0.05) is 10.6 Å². The average molecular weight is 519 g/mol. The molecular formula is C28H20Cl2N2O4. The molecule has 0 radical (unpaired) electrons. The molecule has 2 fully saturated rings. The largest absolute Gasteiger partial charge is 0.459 e.